The first-order valence-corrected chi connectivity index (χ1v) is 6.83. The van der Waals surface area contributed by atoms with E-state index >= 15 is 0 Å². The molecular formula is C14H27NO. The second-order valence-electron chi connectivity index (χ2n) is 5.70. The van der Waals surface area contributed by atoms with Gasteiger partial charge in [0.05, 0.1) is 0 Å². The topological polar surface area (TPSA) is 43.1 Å². The number of hydrogen-bond acceptors (Lipinski definition) is 2. The summed E-state index contributed by atoms with van der Waals surface area (Å²) in [6, 6.07) is 0. The molecule has 16 heavy (non-hydrogen) atoms. The lowest BCUT2D eigenvalue weighted by atomic mass is 9.70. The fourth-order valence-electron chi connectivity index (χ4n) is 2.78. The molecule has 0 spiro atoms. The Labute approximate surface area is 100.0 Å². The van der Waals surface area contributed by atoms with Gasteiger partial charge in [0.1, 0.15) is 5.78 Å². The molecule has 1 fully saturated rings. The van der Waals surface area contributed by atoms with Crippen molar-refractivity contribution in [3.63, 3.8) is 0 Å². The van der Waals surface area contributed by atoms with Gasteiger partial charge in [-0.15, -0.1) is 0 Å². The highest BCUT2D eigenvalue weighted by molar-refractivity contribution is 5.79. The van der Waals surface area contributed by atoms with Crippen LogP contribution in [0.15, 0.2) is 0 Å². The van der Waals surface area contributed by atoms with Crippen LogP contribution in [0.2, 0.25) is 0 Å². The van der Waals surface area contributed by atoms with E-state index in [4.69, 9.17) is 5.73 Å². The number of carbonyl (C=O) groups is 1. The zero-order valence-corrected chi connectivity index (χ0v) is 10.9. The summed E-state index contributed by atoms with van der Waals surface area (Å²) in [5.41, 5.74) is 6.05. The summed E-state index contributed by atoms with van der Waals surface area (Å²) >= 11 is 0. The summed E-state index contributed by atoms with van der Waals surface area (Å²) in [5.74, 6) is 0.965. The van der Waals surface area contributed by atoms with E-state index in [9.17, 15) is 4.79 Å². The Morgan fingerprint density at radius 2 is 1.94 bits per heavy atom. The molecule has 1 rings (SSSR count). The lowest BCUT2D eigenvalue weighted by Gasteiger charge is -2.36. The summed E-state index contributed by atoms with van der Waals surface area (Å²) in [4.78, 5) is 12.0. The highest BCUT2D eigenvalue weighted by Gasteiger charge is 2.32. The Morgan fingerprint density at radius 1 is 1.31 bits per heavy atom. The molecule has 0 saturated heterocycles. The SMILES string of the molecule is CCC(C)CC(=O)CC1(CN)CCCCC1. The average Bonchev–Trinajstić information content (AvgIpc) is 2.29. The third kappa shape index (κ3) is 3.89. The highest BCUT2D eigenvalue weighted by Crippen LogP contribution is 2.39. The quantitative estimate of drug-likeness (QED) is 0.753. The van der Waals surface area contributed by atoms with Crippen LogP contribution in [0, 0.1) is 11.3 Å². The second-order valence-corrected chi connectivity index (χ2v) is 5.70. The number of hydrogen-bond donors (Lipinski definition) is 1. The number of carbonyl (C=O) groups excluding carboxylic acids is 1. The number of rotatable bonds is 6. The number of ketones is 1. The van der Waals surface area contributed by atoms with Gasteiger partial charge in [-0.2, -0.15) is 0 Å². The van der Waals surface area contributed by atoms with Gasteiger partial charge in [0.15, 0.2) is 0 Å². The fourth-order valence-corrected chi connectivity index (χ4v) is 2.78. The van der Waals surface area contributed by atoms with Crippen LogP contribution in [0.4, 0.5) is 0 Å². The molecule has 2 nitrogen and oxygen atoms in total. The molecule has 0 aromatic rings. The summed E-state index contributed by atoms with van der Waals surface area (Å²) < 4.78 is 0. The third-order valence-corrected chi connectivity index (χ3v) is 4.19. The van der Waals surface area contributed by atoms with E-state index in [-0.39, 0.29) is 5.41 Å². The predicted octanol–water partition coefficient (Wildman–Crippen LogP) is 3.29. The first kappa shape index (κ1) is 13.7. The van der Waals surface area contributed by atoms with Crippen molar-refractivity contribution >= 4 is 5.78 Å². The summed E-state index contributed by atoms with van der Waals surface area (Å²) in [7, 11) is 0. The maximum Gasteiger partial charge on any atom is 0.133 e. The lowest BCUT2D eigenvalue weighted by Crippen LogP contribution is -2.35. The lowest BCUT2D eigenvalue weighted by molar-refractivity contribution is -0.122. The van der Waals surface area contributed by atoms with Gasteiger partial charge in [-0.3, -0.25) is 4.79 Å². The molecule has 2 N–H and O–H groups in total. The fraction of sp³-hybridized carbons (Fsp3) is 0.929. The Morgan fingerprint density at radius 3 is 2.44 bits per heavy atom. The van der Waals surface area contributed by atoms with Crippen LogP contribution in [0.25, 0.3) is 0 Å². The third-order valence-electron chi connectivity index (χ3n) is 4.19. The molecule has 1 atom stereocenters. The van der Waals surface area contributed by atoms with Crippen LogP contribution in [0.5, 0.6) is 0 Å². The standard InChI is InChI=1S/C14H27NO/c1-3-12(2)9-13(16)10-14(11-15)7-5-4-6-8-14/h12H,3-11,15H2,1-2H3. The summed E-state index contributed by atoms with van der Waals surface area (Å²) in [6.07, 6.45) is 8.74. The molecule has 1 aliphatic carbocycles. The second kappa shape index (κ2) is 6.39. The molecule has 94 valence electrons. The molecule has 1 unspecified atom stereocenters. The van der Waals surface area contributed by atoms with E-state index in [0.29, 0.717) is 18.2 Å². The predicted molar refractivity (Wildman–Crippen MR) is 68.3 cm³/mol. The van der Waals surface area contributed by atoms with Gasteiger partial charge >= 0.3 is 0 Å². The molecular weight excluding hydrogens is 198 g/mol. The van der Waals surface area contributed by atoms with Crippen molar-refractivity contribution in [2.45, 2.75) is 65.2 Å². The van der Waals surface area contributed by atoms with E-state index in [1.165, 1.54) is 19.3 Å². The van der Waals surface area contributed by atoms with E-state index in [0.717, 1.165) is 32.1 Å². The van der Waals surface area contributed by atoms with Crippen LogP contribution in [0.1, 0.15) is 65.2 Å². The zero-order valence-electron chi connectivity index (χ0n) is 10.9. The zero-order chi connectivity index (χ0) is 12.0. The minimum Gasteiger partial charge on any atom is -0.330 e. The van der Waals surface area contributed by atoms with Gasteiger partial charge in [0, 0.05) is 12.8 Å². The van der Waals surface area contributed by atoms with Gasteiger partial charge in [-0.25, -0.2) is 0 Å². The van der Waals surface area contributed by atoms with Crippen molar-refractivity contribution in [3.8, 4) is 0 Å². The smallest absolute Gasteiger partial charge is 0.133 e. The van der Waals surface area contributed by atoms with Gasteiger partial charge < -0.3 is 5.73 Å². The Bertz CT molecular complexity index is 219. The molecule has 0 heterocycles. The largest absolute Gasteiger partial charge is 0.330 e. The number of nitrogens with two attached hydrogens (primary N) is 1. The van der Waals surface area contributed by atoms with E-state index in [1.54, 1.807) is 0 Å². The van der Waals surface area contributed by atoms with E-state index < -0.39 is 0 Å². The molecule has 1 aliphatic rings. The van der Waals surface area contributed by atoms with Gasteiger partial charge in [0.2, 0.25) is 0 Å². The maximum absolute atomic E-state index is 12.0. The van der Waals surface area contributed by atoms with Gasteiger partial charge in [-0.1, -0.05) is 39.5 Å². The molecule has 0 amide bonds. The van der Waals surface area contributed by atoms with Crippen molar-refractivity contribution in [1.82, 2.24) is 0 Å². The Kier molecular flexibility index (Phi) is 5.47. The molecule has 1 saturated carbocycles. The molecule has 0 bridgehead atoms. The minimum atomic E-state index is 0.156. The monoisotopic (exact) mass is 225 g/mol. The van der Waals surface area contributed by atoms with Crippen LogP contribution < -0.4 is 5.73 Å². The molecule has 0 aromatic heterocycles. The molecule has 2 heteroatoms. The molecule has 0 aromatic carbocycles. The maximum atomic E-state index is 12.0. The van der Waals surface area contributed by atoms with E-state index in [1.807, 2.05) is 0 Å². The molecule has 0 aliphatic heterocycles. The highest BCUT2D eigenvalue weighted by atomic mass is 16.1. The van der Waals surface area contributed by atoms with Crippen molar-refractivity contribution in [2.24, 2.45) is 17.1 Å². The van der Waals surface area contributed by atoms with Crippen LogP contribution in [-0.4, -0.2) is 12.3 Å². The average molecular weight is 225 g/mol. The Hall–Kier alpha value is -0.370. The minimum absolute atomic E-state index is 0.156. The van der Waals surface area contributed by atoms with Crippen LogP contribution in [0.3, 0.4) is 0 Å². The summed E-state index contributed by atoms with van der Waals surface area (Å²) in [5, 5.41) is 0. The van der Waals surface area contributed by atoms with Crippen molar-refractivity contribution < 1.29 is 4.79 Å². The van der Waals surface area contributed by atoms with Crippen LogP contribution in [-0.2, 0) is 4.79 Å². The molecule has 0 radical (unpaired) electrons. The van der Waals surface area contributed by atoms with Crippen molar-refractivity contribution in [2.75, 3.05) is 6.54 Å². The Balaban J connectivity index is 2.45. The van der Waals surface area contributed by atoms with Gasteiger partial charge in [0.25, 0.3) is 0 Å². The summed E-state index contributed by atoms with van der Waals surface area (Å²) in [6.45, 7) is 5.00. The van der Waals surface area contributed by atoms with E-state index in [2.05, 4.69) is 13.8 Å². The normalized spacial score (nSPS) is 21.7. The van der Waals surface area contributed by atoms with Crippen molar-refractivity contribution in [1.29, 1.82) is 0 Å². The van der Waals surface area contributed by atoms with Crippen LogP contribution >= 0.6 is 0 Å². The first-order chi connectivity index (χ1) is 7.62. The first-order valence-electron chi connectivity index (χ1n) is 6.83. The number of Topliss-reactive ketones (excluding diaryl/α,β-unsaturated/α-hetero) is 1. The van der Waals surface area contributed by atoms with Gasteiger partial charge in [-0.05, 0) is 30.7 Å². The van der Waals surface area contributed by atoms with Crippen molar-refractivity contribution in [3.05, 3.63) is 0 Å².